The number of para-hydroxylation sites is 1. The third-order valence-corrected chi connectivity index (χ3v) is 4.69. The van der Waals surface area contributed by atoms with Gasteiger partial charge in [0.2, 0.25) is 0 Å². The molecule has 0 saturated carbocycles. The van der Waals surface area contributed by atoms with Crippen LogP contribution in [0, 0.1) is 0 Å². The lowest BCUT2D eigenvalue weighted by Crippen LogP contribution is -2.32. The van der Waals surface area contributed by atoms with E-state index in [1.165, 1.54) is 6.21 Å². The summed E-state index contributed by atoms with van der Waals surface area (Å²) in [7, 11) is 0. The Hall–Kier alpha value is -3.16. The summed E-state index contributed by atoms with van der Waals surface area (Å²) in [6.07, 6.45) is 1.42. The van der Waals surface area contributed by atoms with Crippen LogP contribution in [0.1, 0.15) is 11.1 Å². The maximum Gasteiger partial charge on any atom is 0.329 e. The highest BCUT2D eigenvalue weighted by molar-refractivity contribution is 9.10. The normalized spacial score (nSPS) is 10.6. The standard InChI is InChI=1S/C22H17BrClN3O3/c23-17-7-5-15(6-8-17)14-30-20-4-2-1-3-16(20)13-25-27-22(29)21(28)26-19-11-9-18(24)10-12-19/h1-13H,14H2,(H,26,28)(H,27,29). The molecule has 0 aliphatic rings. The topological polar surface area (TPSA) is 79.8 Å². The van der Waals surface area contributed by atoms with Crippen molar-refractivity contribution in [2.75, 3.05) is 5.32 Å². The van der Waals surface area contributed by atoms with Crippen molar-refractivity contribution in [1.82, 2.24) is 5.43 Å². The molecule has 0 aliphatic heterocycles. The van der Waals surface area contributed by atoms with Crippen molar-refractivity contribution in [3.63, 3.8) is 0 Å². The lowest BCUT2D eigenvalue weighted by molar-refractivity contribution is -0.136. The summed E-state index contributed by atoms with van der Waals surface area (Å²) in [5.74, 6) is -1.13. The van der Waals surface area contributed by atoms with Crippen LogP contribution < -0.4 is 15.5 Å². The zero-order chi connectivity index (χ0) is 21.3. The van der Waals surface area contributed by atoms with Crippen LogP contribution in [0.5, 0.6) is 5.75 Å². The summed E-state index contributed by atoms with van der Waals surface area (Å²) in [6.45, 7) is 0.383. The van der Waals surface area contributed by atoms with Crippen LogP contribution >= 0.6 is 27.5 Å². The first-order valence-electron chi connectivity index (χ1n) is 8.87. The van der Waals surface area contributed by atoms with E-state index in [2.05, 4.69) is 31.8 Å². The highest BCUT2D eigenvalue weighted by Gasteiger charge is 2.12. The molecular weight excluding hydrogens is 470 g/mol. The van der Waals surface area contributed by atoms with Gasteiger partial charge in [0, 0.05) is 20.7 Å². The number of hydrazone groups is 1. The molecule has 0 fully saturated rings. The number of ether oxygens (including phenoxy) is 1. The number of halogens is 2. The number of benzene rings is 3. The molecule has 3 aromatic rings. The van der Waals surface area contributed by atoms with Gasteiger partial charge in [0.15, 0.2) is 0 Å². The number of hydrogen-bond donors (Lipinski definition) is 2. The average Bonchev–Trinajstić information content (AvgIpc) is 2.75. The van der Waals surface area contributed by atoms with Crippen LogP contribution in [-0.2, 0) is 16.2 Å². The fourth-order valence-corrected chi connectivity index (χ4v) is 2.78. The van der Waals surface area contributed by atoms with E-state index in [1.54, 1.807) is 36.4 Å². The Morgan fingerprint density at radius 2 is 1.67 bits per heavy atom. The van der Waals surface area contributed by atoms with Crippen LogP contribution in [0.15, 0.2) is 82.4 Å². The molecule has 3 aromatic carbocycles. The van der Waals surface area contributed by atoms with E-state index in [-0.39, 0.29) is 0 Å². The molecule has 0 saturated heterocycles. The molecule has 30 heavy (non-hydrogen) atoms. The second-order valence-corrected chi connectivity index (χ2v) is 7.47. The van der Waals surface area contributed by atoms with Gasteiger partial charge in [-0.05, 0) is 54.1 Å². The Labute approximate surface area is 187 Å². The van der Waals surface area contributed by atoms with Crippen LogP contribution in [0.2, 0.25) is 5.02 Å². The van der Waals surface area contributed by atoms with Gasteiger partial charge in [-0.3, -0.25) is 9.59 Å². The first-order chi connectivity index (χ1) is 14.5. The first-order valence-corrected chi connectivity index (χ1v) is 10.0. The van der Waals surface area contributed by atoms with E-state index >= 15 is 0 Å². The quantitative estimate of drug-likeness (QED) is 0.299. The number of carbonyl (C=O) groups excluding carboxylic acids is 2. The third kappa shape index (κ3) is 6.43. The number of carbonyl (C=O) groups is 2. The van der Waals surface area contributed by atoms with E-state index in [9.17, 15) is 9.59 Å². The Kier molecular flexibility index (Phi) is 7.59. The van der Waals surface area contributed by atoms with Crippen LogP contribution in [0.4, 0.5) is 5.69 Å². The van der Waals surface area contributed by atoms with Gasteiger partial charge in [-0.1, -0.05) is 51.8 Å². The Balaban J connectivity index is 1.56. The van der Waals surface area contributed by atoms with Gasteiger partial charge in [-0.25, -0.2) is 5.43 Å². The van der Waals surface area contributed by atoms with Crippen molar-refractivity contribution in [3.05, 3.63) is 93.4 Å². The minimum atomic E-state index is -0.894. The van der Waals surface area contributed by atoms with Crippen molar-refractivity contribution in [1.29, 1.82) is 0 Å². The van der Waals surface area contributed by atoms with Crippen LogP contribution in [0.3, 0.4) is 0 Å². The zero-order valence-corrected chi connectivity index (χ0v) is 18.0. The summed E-state index contributed by atoms with van der Waals surface area (Å²) >= 11 is 9.19. The molecule has 0 unspecified atom stereocenters. The van der Waals surface area contributed by atoms with Gasteiger partial charge in [-0.2, -0.15) is 5.10 Å². The van der Waals surface area contributed by atoms with E-state index < -0.39 is 11.8 Å². The molecule has 0 aromatic heterocycles. The largest absolute Gasteiger partial charge is 0.488 e. The fraction of sp³-hybridized carbons (Fsp3) is 0.0455. The third-order valence-electron chi connectivity index (χ3n) is 3.90. The first kappa shape index (κ1) is 21.5. The number of amides is 2. The molecule has 2 N–H and O–H groups in total. The van der Waals surface area contributed by atoms with Crippen molar-refractivity contribution < 1.29 is 14.3 Å². The molecule has 6 nitrogen and oxygen atoms in total. The number of nitrogens with zero attached hydrogens (tertiary/aromatic N) is 1. The van der Waals surface area contributed by atoms with E-state index in [0.717, 1.165) is 10.0 Å². The molecule has 0 atom stereocenters. The molecule has 0 bridgehead atoms. The van der Waals surface area contributed by atoms with Crippen LogP contribution in [0.25, 0.3) is 0 Å². The minimum Gasteiger partial charge on any atom is -0.488 e. The predicted molar refractivity (Wildman–Crippen MR) is 121 cm³/mol. The molecule has 152 valence electrons. The van der Waals surface area contributed by atoms with E-state index in [4.69, 9.17) is 16.3 Å². The second-order valence-electron chi connectivity index (χ2n) is 6.11. The van der Waals surface area contributed by atoms with Gasteiger partial charge in [0.25, 0.3) is 0 Å². The summed E-state index contributed by atoms with van der Waals surface area (Å²) in [4.78, 5) is 23.9. The Morgan fingerprint density at radius 3 is 2.40 bits per heavy atom. The minimum absolute atomic E-state index is 0.383. The van der Waals surface area contributed by atoms with E-state index in [0.29, 0.717) is 28.6 Å². The number of rotatable bonds is 6. The lowest BCUT2D eigenvalue weighted by atomic mass is 10.2. The van der Waals surface area contributed by atoms with Crippen molar-refractivity contribution >= 4 is 51.2 Å². The highest BCUT2D eigenvalue weighted by Crippen LogP contribution is 2.18. The van der Waals surface area contributed by atoms with Gasteiger partial charge in [-0.15, -0.1) is 0 Å². The monoisotopic (exact) mass is 485 g/mol. The summed E-state index contributed by atoms with van der Waals surface area (Å²) in [6, 6.07) is 21.5. The van der Waals surface area contributed by atoms with Gasteiger partial charge >= 0.3 is 11.8 Å². The van der Waals surface area contributed by atoms with Crippen molar-refractivity contribution in [3.8, 4) is 5.75 Å². The lowest BCUT2D eigenvalue weighted by Gasteiger charge is -2.09. The number of hydrogen-bond acceptors (Lipinski definition) is 4. The summed E-state index contributed by atoms with van der Waals surface area (Å²) in [5, 5.41) is 6.84. The molecule has 8 heteroatoms. The molecular formula is C22H17BrClN3O3. The molecule has 2 amide bonds. The maximum absolute atomic E-state index is 11.9. The van der Waals surface area contributed by atoms with Gasteiger partial charge in [0.1, 0.15) is 12.4 Å². The average molecular weight is 487 g/mol. The predicted octanol–water partition coefficient (Wildman–Crippen LogP) is 4.77. The Morgan fingerprint density at radius 1 is 0.967 bits per heavy atom. The molecule has 3 rings (SSSR count). The number of nitrogens with one attached hydrogen (secondary N) is 2. The maximum atomic E-state index is 11.9. The van der Waals surface area contributed by atoms with Gasteiger partial charge < -0.3 is 10.1 Å². The summed E-state index contributed by atoms with van der Waals surface area (Å²) < 4.78 is 6.84. The van der Waals surface area contributed by atoms with Gasteiger partial charge in [0.05, 0.1) is 6.21 Å². The second kappa shape index (κ2) is 10.6. The Bertz CT molecular complexity index is 1050. The zero-order valence-electron chi connectivity index (χ0n) is 15.6. The van der Waals surface area contributed by atoms with Crippen molar-refractivity contribution in [2.24, 2.45) is 5.10 Å². The van der Waals surface area contributed by atoms with E-state index in [1.807, 2.05) is 36.4 Å². The smallest absolute Gasteiger partial charge is 0.329 e. The fourth-order valence-electron chi connectivity index (χ4n) is 2.39. The molecule has 0 radical (unpaired) electrons. The van der Waals surface area contributed by atoms with Crippen molar-refractivity contribution in [2.45, 2.75) is 6.61 Å². The number of anilines is 1. The molecule has 0 aliphatic carbocycles. The van der Waals surface area contributed by atoms with Crippen LogP contribution in [-0.4, -0.2) is 18.0 Å². The summed E-state index contributed by atoms with van der Waals surface area (Å²) in [5.41, 5.74) is 4.33. The molecule has 0 spiro atoms. The highest BCUT2D eigenvalue weighted by atomic mass is 79.9. The SMILES string of the molecule is O=C(NN=Cc1ccccc1OCc1ccc(Br)cc1)C(=O)Nc1ccc(Cl)cc1. The molecule has 0 heterocycles.